The van der Waals surface area contributed by atoms with Gasteiger partial charge >= 0.3 is 11.9 Å². The van der Waals surface area contributed by atoms with Gasteiger partial charge in [0, 0.05) is 22.1 Å². The molecular formula is C17H20INO5. The molecule has 6 nitrogen and oxygen atoms in total. The Morgan fingerprint density at radius 1 is 1.25 bits per heavy atom. The Morgan fingerprint density at radius 2 is 1.96 bits per heavy atom. The SMILES string of the molecule is CCOC(=O)CC[C@@H](C(=O)OCC)N1Cc2cc(I)ccc2C1=O. The Morgan fingerprint density at radius 3 is 2.62 bits per heavy atom. The summed E-state index contributed by atoms with van der Waals surface area (Å²) in [7, 11) is 0. The number of hydrogen-bond donors (Lipinski definition) is 0. The van der Waals surface area contributed by atoms with Gasteiger partial charge in [-0.3, -0.25) is 9.59 Å². The molecule has 0 bridgehead atoms. The molecule has 0 aliphatic carbocycles. The number of rotatable bonds is 7. The van der Waals surface area contributed by atoms with E-state index in [4.69, 9.17) is 9.47 Å². The zero-order valence-corrected chi connectivity index (χ0v) is 15.9. The summed E-state index contributed by atoms with van der Waals surface area (Å²) in [6.07, 6.45) is 0.253. The molecule has 1 atom stereocenters. The molecule has 7 heteroatoms. The van der Waals surface area contributed by atoms with Crippen LogP contribution in [-0.4, -0.2) is 42.0 Å². The largest absolute Gasteiger partial charge is 0.466 e. The molecule has 0 unspecified atom stereocenters. The molecule has 2 rings (SSSR count). The summed E-state index contributed by atoms with van der Waals surface area (Å²) >= 11 is 2.18. The van der Waals surface area contributed by atoms with Crippen LogP contribution in [0.5, 0.6) is 0 Å². The van der Waals surface area contributed by atoms with Gasteiger partial charge in [0.15, 0.2) is 0 Å². The molecule has 1 aliphatic rings. The number of esters is 2. The van der Waals surface area contributed by atoms with Crippen LogP contribution in [0.2, 0.25) is 0 Å². The highest BCUT2D eigenvalue weighted by Crippen LogP contribution is 2.28. The van der Waals surface area contributed by atoms with Crippen molar-refractivity contribution in [1.29, 1.82) is 0 Å². The van der Waals surface area contributed by atoms with Crippen molar-refractivity contribution in [2.45, 2.75) is 39.3 Å². The smallest absolute Gasteiger partial charge is 0.328 e. The zero-order chi connectivity index (χ0) is 17.7. The lowest BCUT2D eigenvalue weighted by atomic mass is 10.1. The Balaban J connectivity index is 2.17. The van der Waals surface area contributed by atoms with Gasteiger partial charge in [-0.1, -0.05) is 0 Å². The average Bonchev–Trinajstić information content (AvgIpc) is 2.84. The van der Waals surface area contributed by atoms with Crippen LogP contribution in [0.1, 0.15) is 42.6 Å². The van der Waals surface area contributed by atoms with Crippen molar-refractivity contribution < 1.29 is 23.9 Å². The van der Waals surface area contributed by atoms with Gasteiger partial charge in [0.1, 0.15) is 6.04 Å². The Bertz CT molecular complexity index is 646. The van der Waals surface area contributed by atoms with Gasteiger partial charge < -0.3 is 14.4 Å². The molecule has 0 spiro atoms. The van der Waals surface area contributed by atoms with Crippen LogP contribution in [0, 0.1) is 3.57 Å². The second kappa shape index (κ2) is 8.46. The Labute approximate surface area is 154 Å². The van der Waals surface area contributed by atoms with Crippen LogP contribution in [0.4, 0.5) is 0 Å². The van der Waals surface area contributed by atoms with E-state index < -0.39 is 12.0 Å². The van der Waals surface area contributed by atoms with Crippen LogP contribution in [0.3, 0.4) is 0 Å². The van der Waals surface area contributed by atoms with Crippen molar-refractivity contribution in [2.24, 2.45) is 0 Å². The highest BCUT2D eigenvalue weighted by Gasteiger charge is 2.37. The first kappa shape index (κ1) is 18.7. The second-order valence-electron chi connectivity index (χ2n) is 5.35. The molecule has 0 aromatic heterocycles. The number of carbonyl (C=O) groups is 3. The number of amides is 1. The molecular weight excluding hydrogens is 425 g/mol. The summed E-state index contributed by atoms with van der Waals surface area (Å²) in [6, 6.07) is 4.78. The summed E-state index contributed by atoms with van der Waals surface area (Å²) < 4.78 is 11.0. The minimum Gasteiger partial charge on any atom is -0.466 e. The van der Waals surface area contributed by atoms with Gasteiger partial charge in [-0.2, -0.15) is 0 Å². The quantitative estimate of drug-likeness (QED) is 0.477. The number of nitrogens with zero attached hydrogens (tertiary/aromatic N) is 1. The lowest BCUT2D eigenvalue weighted by Crippen LogP contribution is -2.42. The number of benzene rings is 1. The average molecular weight is 445 g/mol. The van der Waals surface area contributed by atoms with E-state index in [9.17, 15) is 14.4 Å². The molecule has 0 radical (unpaired) electrons. The maximum absolute atomic E-state index is 12.6. The molecule has 24 heavy (non-hydrogen) atoms. The molecule has 1 aromatic rings. The van der Waals surface area contributed by atoms with E-state index in [1.165, 1.54) is 4.90 Å². The monoisotopic (exact) mass is 445 g/mol. The molecule has 0 saturated heterocycles. The standard InChI is InChI=1S/C17H20INO5/c1-3-23-15(20)8-7-14(17(22)24-4-2)19-10-11-9-12(18)5-6-13(11)16(19)21/h5-6,9,14H,3-4,7-8,10H2,1-2H3/t14-/m0/s1. The van der Waals surface area contributed by atoms with E-state index >= 15 is 0 Å². The van der Waals surface area contributed by atoms with Crippen molar-refractivity contribution in [1.82, 2.24) is 4.90 Å². The van der Waals surface area contributed by atoms with Crippen molar-refractivity contribution in [3.63, 3.8) is 0 Å². The molecule has 0 N–H and O–H groups in total. The van der Waals surface area contributed by atoms with Crippen LogP contribution >= 0.6 is 22.6 Å². The predicted molar refractivity (Wildman–Crippen MR) is 95.3 cm³/mol. The summed E-state index contributed by atoms with van der Waals surface area (Å²) in [5.41, 5.74) is 1.48. The van der Waals surface area contributed by atoms with Gasteiger partial charge in [-0.15, -0.1) is 0 Å². The highest BCUT2D eigenvalue weighted by molar-refractivity contribution is 14.1. The fraction of sp³-hybridized carbons (Fsp3) is 0.471. The molecule has 1 aliphatic heterocycles. The minimum absolute atomic E-state index is 0.0645. The van der Waals surface area contributed by atoms with E-state index in [1.54, 1.807) is 19.9 Å². The van der Waals surface area contributed by atoms with E-state index in [1.807, 2.05) is 12.1 Å². The van der Waals surface area contributed by atoms with Crippen molar-refractivity contribution >= 4 is 40.4 Å². The van der Waals surface area contributed by atoms with Gasteiger partial charge in [-0.05, 0) is 66.6 Å². The maximum Gasteiger partial charge on any atom is 0.328 e. The van der Waals surface area contributed by atoms with E-state index in [2.05, 4.69) is 22.6 Å². The lowest BCUT2D eigenvalue weighted by molar-refractivity contribution is -0.150. The number of halogens is 1. The van der Waals surface area contributed by atoms with Crippen LogP contribution in [0.15, 0.2) is 18.2 Å². The maximum atomic E-state index is 12.6. The third-order valence-corrected chi connectivity index (χ3v) is 4.43. The molecule has 0 fully saturated rings. The topological polar surface area (TPSA) is 72.9 Å². The summed E-state index contributed by atoms with van der Waals surface area (Å²) in [6.45, 7) is 4.29. The highest BCUT2D eigenvalue weighted by atomic mass is 127. The van der Waals surface area contributed by atoms with Gasteiger partial charge in [-0.25, -0.2) is 4.79 Å². The summed E-state index contributed by atoms with van der Waals surface area (Å²) in [5.74, 6) is -1.08. The first-order chi connectivity index (χ1) is 11.5. The van der Waals surface area contributed by atoms with Crippen LogP contribution in [0.25, 0.3) is 0 Å². The van der Waals surface area contributed by atoms with Crippen LogP contribution < -0.4 is 0 Å². The minimum atomic E-state index is -0.785. The molecule has 1 heterocycles. The van der Waals surface area contributed by atoms with Crippen LogP contribution in [-0.2, 0) is 25.6 Å². The van der Waals surface area contributed by atoms with Gasteiger partial charge in [0.05, 0.1) is 13.2 Å². The third-order valence-electron chi connectivity index (χ3n) is 3.76. The first-order valence-corrected chi connectivity index (χ1v) is 8.97. The van der Waals surface area contributed by atoms with Crippen molar-refractivity contribution in [2.75, 3.05) is 13.2 Å². The Kier molecular flexibility index (Phi) is 6.59. The second-order valence-corrected chi connectivity index (χ2v) is 6.59. The van der Waals surface area contributed by atoms with Gasteiger partial charge in [0.2, 0.25) is 0 Å². The van der Waals surface area contributed by atoms with E-state index in [0.717, 1.165) is 9.13 Å². The molecule has 130 valence electrons. The molecule has 1 amide bonds. The fourth-order valence-corrected chi connectivity index (χ4v) is 3.25. The van der Waals surface area contributed by atoms with Crippen molar-refractivity contribution in [3.8, 4) is 0 Å². The Hall–Kier alpha value is -1.64. The lowest BCUT2D eigenvalue weighted by Gasteiger charge is -2.25. The number of ether oxygens (including phenoxy) is 2. The normalized spacial score (nSPS) is 14.3. The van der Waals surface area contributed by atoms with Gasteiger partial charge in [0.25, 0.3) is 5.91 Å². The summed E-state index contributed by atoms with van der Waals surface area (Å²) in [4.78, 5) is 38.0. The zero-order valence-electron chi connectivity index (χ0n) is 13.7. The third kappa shape index (κ3) is 4.25. The fourth-order valence-electron chi connectivity index (χ4n) is 2.69. The summed E-state index contributed by atoms with van der Waals surface area (Å²) in [5, 5.41) is 0. The van der Waals surface area contributed by atoms with E-state index in [0.29, 0.717) is 12.1 Å². The first-order valence-electron chi connectivity index (χ1n) is 7.89. The van der Waals surface area contributed by atoms with E-state index in [-0.39, 0.29) is 37.9 Å². The molecule has 1 aromatic carbocycles. The number of fused-ring (bicyclic) bond motifs is 1. The number of carbonyl (C=O) groups excluding carboxylic acids is 3. The predicted octanol–water partition coefficient (Wildman–Crippen LogP) is 2.52. The number of hydrogen-bond acceptors (Lipinski definition) is 5. The molecule has 0 saturated carbocycles. The van der Waals surface area contributed by atoms with Crippen molar-refractivity contribution in [3.05, 3.63) is 32.9 Å².